The molecule has 4 aromatic rings. The van der Waals surface area contributed by atoms with Crippen LogP contribution in [0, 0.1) is 0 Å². The van der Waals surface area contributed by atoms with Crippen molar-refractivity contribution in [2.24, 2.45) is 0 Å². The number of halogens is 2. The van der Waals surface area contributed by atoms with E-state index in [1.165, 1.54) is 11.8 Å². The van der Waals surface area contributed by atoms with Crippen molar-refractivity contribution in [1.82, 2.24) is 14.8 Å². The molecule has 1 N–H and O–H groups in total. The van der Waals surface area contributed by atoms with E-state index in [0.29, 0.717) is 53.0 Å². The maximum absolute atomic E-state index is 13.3. The molecule has 7 nitrogen and oxygen atoms in total. The average Bonchev–Trinajstić information content (AvgIpc) is 3.38. The van der Waals surface area contributed by atoms with Gasteiger partial charge in [0, 0.05) is 32.9 Å². The predicted octanol–water partition coefficient (Wildman–Crippen LogP) is 7.99. The summed E-state index contributed by atoms with van der Waals surface area (Å²) in [4.78, 5) is 18.1. The first-order valence-corrected chi connectivity index (χ1v) is 15.7. The van der Waals surface area contributed by atoms with Crippen LogP contribution in [0.5, 0.6) is 11.5 Å². The fraction of sp³-hybridized carbons (Fsp3) is 0.258. The van der Waals surface area contributed by atoms with Crippen LogP contribution in [0.25, 0.3) is 0 Å². The van der Waals surface area contributed by atoms with Crippen molar-refractivity contribution in [1.29, 1.82) is 0 Å². The molecule has 0 fully saturated rings. The number of ether oxygens (including phenoxy) is 2. The molecule has 1 unspecified atom stereocenters. The van der Waals surface area contributed by atoms with E-state index in [0.717, 1.165) is 45.3 Å². The number of hydrogen-bond acceptors (Lipinski definition) is 7. The number of carbonyl (C=O) groups is 1. The van der Waals surface area contributed by atoms with E-state index < -0.39 is 6.04 Å². The second kappa shape index (κ2) is 12.3. The average molecular weight is 652 g/mol. The number of fused-ring (bicyclic) bond motifs is 1. The maximum Gasteiger partial charge on any atom is 0.227 e. The smallest absolute Gasteiger partial charge is 0.227 e. The second-order valence-corrected chi connectivity index (χ2v) is 12.1. The topological polar surface area (TPSA) is 78.3 Å². The van der Waals surface area contributed by atoms with Crippen molar-refractivity contribution in [3.05, 3.63) is 104 Å². The van der Waals surface area contributed by atoms with Gasteiger partial charge in [0.05, 0.1) is 6.61 Å². The van der Waals surface area contributed by atoms with Crippen molar-refractivity contribution in [2.45, 2.75) is 49.7 Å². The van der Waals surface area contributed by atoms with Gasteiger partial charge < -0.3 is 14.8 Å². The van der Waals surface area contributed by atoms with Crippen molar-refractivity contribution in [2.75, 3.05) is 11.9 Å². The van der Waals surface area contributed by atoms with E-state index in [1.807, 2.05) is 78.3 Å². The van der Waals surface area contributed by atoms with Gasteiger partial charge in [-0.1, -0.05) is 75.7 Å². The highest BCUT2D eigenvalue weighted by molar-refractivity contribution is 9.10. The number of aromatic nitrogens is 3. The molecule has 1 aliphatic heterocycles. The molecule has 0 spiro atoms. The Morgan fingerprint density at radius 3 is 2.78 bits per heavy atom. The van der Waals surface area contributed by atoms with Crippen LogP contribution in [0.2, 0.25) is 5.02 Å². The van der Waals surface area contributed by atoms with Gasteiger partial charge in [0.25, 0.3) is 0 Å². The summed E-state index contributed by atoms with van der Waals surface area (Å²) in [7, 11) is 0. The van der Waals surface area contributed by atoms with E-state index in [9.17, 15) is 4.79 Å². The number of thioether (sulfide) groups is 1. The molecule has 1 aliphatic carbocycles. The Hall–Kier alpha value is -3.27. The number of Topliss-reactive ketones (excluding diaryl/α,β-unsaturated/α-hetero) is 1. The van der Waals surface area contributed by atoms with Crippen LogP contribution in [0.3, 0.4) is 0 Å². The van der Waals surface area contributed by atoms with Crippen molar-refractivity contribution >= 4 is 51.0 Å². The standard InChI is InChI=1S/C31H28BrClN4O3S/c1-2-39-27-16-20(13-14-26(27)40-17-19-7-5-9-22(32)15-19)29-28-24(11-6-12-25(28)38)34-30-35-31(36-37(29)30)41-18-21-8-3-4-10-23(21)33/h3-5,7-10,13-16,29H,2,6,11-12,17-18H2,1H3,(H,34,35,36). The Morgan fingerprint density at radius 1 is 1.07 bits per heavy atom. The van der Waals surface area contributed by atoms with Crippen molar-refractivity contribution < 1.29 is 14.3 Å². The van der Waals surface area contributed by atoms with Gasteiger partial charge in [-0.3, -0.25) is 4.79 Å². The number of rotatable bonds is 9. The summed E-state index contributed by atoms with van der Waals surface area (Å²) in [6.07, 6.45) is 2.12. The molecular formula is C31H28BrClN4O3S. The van der Waals surface area contributed by atoms with Crippen molar-refractivity contribution in [3.8, 4) is 11.5 Å². The third-order valence-corrected chi connectivity index (χ3v) is 8.78. The lowest BCUT2D eigenvalue weighted by atomic mass is 9.85. The zero-order chi connectivity index (χ0) is 28.3. The molecule has 6 rings (SSSR count). The lowest BCUT2D eigenvalue weighted by molar-refractivity contribution is -0.116. The third kappa shape index (κ3) is 6.03. The summed E-state index contributed by atoms with van der Waals surface area (Å²) in [5, 5.41) is 9.59. The lowest BCUT2D eigenvalue weighted by Crippen LogP contribution is -2.31. The maximum atomic E-state index is 13.3. The number of nitrogens with zero attached hydrogens (tertiary/aromatic N) is 3. The second-order valence-electron chi connectivity index (χ2n) is 9.80. The van der Waals surface area contributed by atoms with Gasteiger partial charge in [0.1, 0.15) is 12.6 Å². The van der Waals surface area contributed by atoms with Crippen LogP contribution in [0.15, 0.2) is 87.6 Å². The molecule has 41 heavy (non-hydrogen) atoms. The molecule has 2 heterocycles. The summed E-state index contributed by atoms with van der Waals surface area (Å²) in [6, 6.07) is 21.2. The van der Waals surface area contributed by atoms with Gasteiger partial charge >= 0.3 is 0 Å². The number of carbonyl (C=O) groups excluding carboxylic acids is 1. The van der Waals surface area contributed by atoms with Crippen LogP contribution in [0.1, 0.15) is 48.9 Å². The van der Waals surface area contributed by atoms with E-state index in [1.54, 1.807) is 0 Å². The normalized spacial score (nSPS) is 16.2. The monoisotopic (exact) mass is 650 g/mol. The first-order chi connectivity index (χ1) is 20.0. The molecule has 0 bridgehead atoms. The van der Waals surface area contributed by atoms with Crippen LogP contribution >= 0.6 is 39.3 Å². The quantitative estimate of drug-likeness (QED) is 0.184. The number of hydrogen-bond donors (Lipinski definition) is 1. The molecule has 0 saturated carbocycles. The van der Waals surface area contributed by atoms with Gasteiger partial charge in [-0.25, -0.2) is 4.68 Å². The molecule has 1 atom stereocenters. The van der Waals surface area contributed by atoms with Crippen LogP contribution in [-0.2, 0) is 17.2 Å². The Bertz CT molecular complexity index is 1640. The lowest BCUT2D eigenvalue weighted by Gasteiger charge is -2.32. The molecule has 3 aromatic carbocycles. The molecule has 10 heteroatoms. The molecule has 0 radical (unpaired) electrons. The fourth-order valence-corrected chi connectivity index (χ4v) is 6.70. The molecule has 1 aromatic heterocycles. The highest BCUT2D eigenvalue weighted by Gasteiger charge is 2.37. The SMILES string of the molecule is CCOc1cc(C2C3=C(CCCC3=O)Nc3nc(SCc4ccccc4Cl)nn32)ccc1OCc1cccc(Br)c1. The number of benzene rings is 3. The highest BCUT2D eigenvalue weighted by atomic mass is 79.9. The summed E-state index contributed by atoms with van der Waals surface area (Å²) in [5.41, 5.74) is 4.61. The van der Waals surface area contributed by atoms with Gasteiger partial charge in [-0.2, -0.15) is 4.98 Å². The molecule has 210 valence electrons. The molecule has 2 aliphatic rings. The van der Waals surface area contributed by atoms with Crippen molar-refractivity contribution in [3.63, 3.8) is 0 Å². The highest BCUT2D eigenvalue weighted by Crippen LogP contribution is 2.43. The third-order valence-electron chi connectivity index (χ3n) is 7.03. The number of allylic oxidation sites excluding steroid dienone is 2. The number of ketones is 1. The molecule has 0 saturated heterocycles. The van der Waals surface area contributed by atoms with Gasteiger partial charge in [-0.05, 0) is 66.8 Å². The fourth-order valence-electron chi connectivity index (χ4n) is 5.13. The van der Waals surface area contributed by atoms with Crippen LogP contribution in [-0.4, -0.2) is 27.2 Å². The molecule has 0 amide bonds. The Labute approximate surface area is 256 Å². The minimum atomic E-state index is -0.422. The summed E-state index contributed by atoms with van der Waals surface area (Å²) >= 11 is 11.4. The number of anilines is 1. The van der Waals surface area contributed by atoms with Crippen LogP contribution < -0.4 is 14.8 Å². The Balaban J connectivity index is 1.33. The number of nitrogens with one attached hydrogen (secondary N) is 1. The summed E-state index contributed by atoms with van der Waals surface area (Å²) in [5.74, 6) is 2.65. The van der Waals surface area contributed by atoms with E-state index >= 15 is 0 Å². The zero-order valence-corrected chi connectivity index (χ0v) is 25.6. The first-order valence-electron chi connectivity index (χ1n) is 13.5. The minimum Gasteiger partial charge on any atom is -0.490 e. The summed E-state index contributed by atoms with van der Waals surface area (Å²) in [6.45, 7) is 2.82. The van der Waals surface area contributed by atoms with Gasteiger partial charge in [-0.15, -0.1) is 5.10 Å². The Kier molecular flexibility index (Phi) is 8.37. The predicted molar refractivity (Wildman–Crippen MR) is 165 cm³/mol. The van der Waals surface area contributed by atoms with E-state index in [2.05, 4.69) is 21.2 Å². The van der Waals surface area contributed by atoms with Gasteiger partial charge in [0.15, 0.2) is 17.3 Å². The largest absolute Gasteiger partial charge is 0.490 e. The van der Waals surface area contributed by atoms with Crippen LogP contribution in [0.4, 0.5) is 5.95 Å². The van der Waals surface area contributed by atoms with E-state index in [-0.39, 0.29) is 5.78 Å². The van der Waals surface area contributed by atoms with E-state index in [4.69, 9.17) is 31.2 Å². The Morgan fingerprint density at radius 2 is 1.95 bits per heavy atom. The summed E-state index contributed by atoms with van der Waals surface area (Å²) < 4.78 is 15.0. The zero-order valence-electron chi connectivity index (χ0n) is 22.4. The first kappa shape index (κ1) is 27.9. The molecular weight excluding hydrogens is 624 g/mol. The van der Waals surface area contributed by atoms with Gasteiger partial charge in [0.2, 0.25) is 11.1 Å². The minimum absolute atomic E-state index is 0.128.